The van der Waals surface area contributed by atoms with Crippen LogP contribution in [-0.2, 0) is 6.54 Å². The van der Waals surface area contributed by atoms with E-state index in [1.807, 2.05) is 10.6 Å². The van der Waals surface area contributed by atoms with Crippen LogP contribution < -0.4 is 11.3 Å². The topological polar surface area (TPSA) is 60.9 Å². The molecule has 2 atom stereocenters. The first-order chi connectivity index (χ1) is 15.1. The molecule has 0 aliphatic heterocycles. The van der Waals surface area contributed by atoms with Gasteiger partial charge in [0, 0.05) is 21.3 Å². The molecule has 1 aliphatic carbocycles. The lowest BCUT2D eigenvalue weighted by Crippen LogP contribution is -2.30. The molecule has 2 unspecified atom stereocenters. The standard InChI is InChI=1S/C24H24ClN3OS2/c25-17-6-7-19-18(12-17)24(29)28(14-16-4-1-3-15(11-16)13-26)23(27-19)22-9-8-21(31-22)20-5-2-10-30-20/h2,5-10,12,15-16H,1,3-4,11,13-14,26H2. The number of fused-ring (bicyclic) bond motifs is 1. The molecular formula is C24H24ClN3OS2. The lowest BCUT2D eigenvalue weighted by molar-refractivity contribution is 0.246. The molecule has 0 amide bonds. The van der Waals surface area contributed by atoms with Crippen LogP contribution in [0.3, 0.4) is 0 Å². The number of nitrogens with two attached hydrogens (primary N) is 1. The average Bonchev–Trinajstić information content (AvgIpc) is 3.48. The van der Waals surface area contributed by atoms with Gasteiger partial charge in [0.05, 0.1) is 15.8 Å². The fraction of sp³-hybridized carbons (Fsp3) is 0.333. The van der Waals surface area contributed by atoms with E-state index in [0.29, 0.717) is 34.3 Å². The van der Waals surface area contributed by atoms with Gasteiger partial charge >= 0.3 is 0 Å². The quantitative estimate of drug-likeness (QED) is 0.374. The summed E-state index contributed by atoms with van der Waals surface area (Å²) in [4.78, 5) is 22.0. The highest BCUT2D eigenvalue weighted by atomic mass is 35.5. The predicted octanol–water partition coefficient (Wildman–Crippen LogP) is 6.27. The molecule has 160 valence electrons. The Hall–Kier alpha value is -1.99. The van der Waals surface area contributed by atoms with Gasteiger partial charge in [0.25, 0.3) is 5.56 Å². The third kappa shape index (κ3) is 4.22. The number of hydrogen-bond donors (Lipinski definition) is 1. The molecule has 1 aromatic carbocycles. The molecule has 1 aliphatic rings. The van der Waals surface area contributed by atoms with Gasteiger partial charge in [-0.25, -0.2) is 4.98 Å². The van der Waals surface area contributed by atoms with E-state index < -0.39 is 0 Å². The van der Waals surface area contributed by atoms with Crippen LogP contribution in [0.15, 0.2) is 52.6 Å². The Morgan fingerprint density at radius 2 is 1.94 bits per heavy atom. The molecule has 0 radical (unpaired) electrons. The summed E-state index contributed by atoms with van der Waals surface area (Å²) in [5, 5.41) is 3.22. The summed E-state index contributed by atoms with van der Waals surface area (Å²) < 4.78 is 1.88. The first-order valence-electron chi connectivity index (χ1n) is 10.7. The van der Waals surface area contributed by atoms with Crippen molar-refractivity contribution in [1.82, 2.24) is 9.55 Å². The van der Waals surface area contributed by atoms with Crippen molar-refractivity contribution in [3.05, 3.63) is 63.2 Å². The van der Waals surface area contributed by atoms with Crippen molar-refractivity contribution in [2.45, 2.75) is 32.2 Å². The third-order valence-electron chi connectivity index (χ3n) is 6.17. The highest BCUT2D eigenvalue weighted by Gasteiger charge is 2.24. The second-order valence-corrected chi connectivity index (χ2v) is 10.8. The molecule has 1 saturated carbocycles. The van der Waals surface area contributed by atoms with Gasteiger partial charge in [-0.1, -0.05) is 24.1 Å². The van der Waals surface area contributed by atoms with Crippen LogP contribution in [0.25, 0.3) is 31.4 Å². The van der Waals surface area contributed by atoms with Crippen LogP contribution in [0.2, 0.25) is 5.02 Å². The molecule has 3 aromatic heterocycles. The second-order valence-electron chi connectivity index (χ2n) is 8.29. The zero-order valence-electron chi connectivity index (χ0n) is 17.1. The van der Waals surface area contributed by atoms with Gasteiger partial charge in [-0.05, 0) is 79.4 Å². The SMILES string of the molecule is NCC1CCCC(Cn2c(-c3ccc(-c4cccs4)s3)nc3ccc(Cl)cc3c2=O)C1. The minimum Gasteiger partial charge on any atom is -0.330 e. The number of rotatable bonds is 5. The van der Waals surface area contributed by atoms with Gasteiger partial charge < -0.3 is 5.73 Å². The van der Waals surface area contributed by atoms with Gasteiger partial charge in [-0.3, -0.25) is 9.36 Å². The van der Waals surface area contributed by atoms with Crippen LogP contribution in [-0.4, -0.2) is 16.1 Å². The lowest BCUT2D eigenvalue weighted by atomic mass is 9.81. The maximum absolute atomic E-state index is 13.6. The van der Waals surface area contributed by atoms with E-state index in [4.69, 9.17) is 22.3 Å². The molecule has 1 fully saturated rings. The lowest BCUT2D eigenvalue weighted by Gasteiger charge is -2.29. The Bertz CT molecular complexity index is 1260. The summed E-state index contributed by atoms with van der Waals surface area (Å²) in [6.45, 7) is 1.39. The minimum atomic E-state index is -0.0107. The van der Waals surface area contributed by atoms with Crippen LogP contribution in [0, 0.1) is 11.8 Å². The summed E-state index contributed by atoms with van der Waals surface area (Å²) in [6, 6.07) is 13.8. The maximum atomic E-state index is 13.6. The number of nitrogens with zero attached hydrogens (tertiary/aromatic N) is 2. The van der Waals surface area contributed by atoms with Crippen molar-refractivity contribution in [3.8, 4) is 20.5 Å². The summed E-state index contributed by atoms with van der Waals surface area (Å²) >= 11 is 9.61. The largest absolute Gasteiger partial charge is 0.330 e. The maximum Gasteiger partial charge on any atom is 0.261 e. The van der Waals surface area contributed by atoms with Crippen LogP contribution in [0.5, 0.6) is 0 Å². The Kier molecular flexibility index (Phi) is 5.97. The van der Waals surface area contributed by atoms with Gasteiger partial charge in [0.1, 0.15) is 0 Å². The molecule has 5 rings (SSSR count). The van der Waals surface area contributed by atoms with Gasteiger partial charge in [-0.2, -0.15) is 0 Å². The minimum absolute atomic E-state index is 0.0107. The Balaban J connectivity index is 1.61. The number of halogens is 1. The van der Waals surface area contributed by atoms with E-state index in [1.165, 1.54) is 22.6 Å². The molecule has 0 saturated heterocycles. The van der Waals surface area contributed by atoms with Gasteiger partial charge in [0.2, 0.25) is 0 Å². The number of benzene rings is 1. The smallest absolute Gasteiger partial charge is 0.261 e. The van der Waals surface area contributed by atoms with Crippen LogP contribution >= 0.6 is 34.3 Å². The summed E-state index contributed by atoms with van der Waals surface area (Å²) in [7, 11) is 0. The molecule has 0 bridgehead atoms. The Morgan fingerprint density at radius 3 is 2.74 bits per heavy atom. The summed E-state index contributed by atoms with van der Waals surface area (Å²) in [5.41, 5.74) is 6.64. The van der Waals surface area contributed by atoms with Gasteiger partial charge in [-0.15, -0.1) is 22.7 Å². The number of thiophene rings is 2. The zero-order valence-corrected chi connectivity index (χ0v) is 19.5. The molecular weight excluding hydrogens is 446 g/mol. The van der Waals surface area contributed by atoms with Crippen molar-refractivity contribution in [2.75, 3.05) is 6.54 Å². The fourth-order valence-corrected chi connectivity index (χ4v) is 6.61. The van der Waals surface area contributed by atoms with E-state index in [1.54, 1.807) is 34.8 Å². The predicted molar refractivity (Wildman–Crippen MR) is 132 cm³/mol. The van der Waals surface area contributed by atoms with Crippen LogP contribution in [0.1, 0.15) is 25.7 Å². The average molecular weight is 470 g/mol. The van der Waals surface area contributed by atoms with Crippen molar-refractivity contribution in [3.63, 3.8) is 0 Å². The normalized spacial score (nSPS) is 19.2. The monoisotopic (exact) mass is 469 g/mol. The van der Waals surface area contributed by atoms with E-state index in [2.05, 4.69) is 29.6 Å². The second kappa shape index (κ2) is 8.87. The Morgan fingerprint density at radius 1 is 1.10 bits per heavy atom. The Labute approximate surface area is 194 Å². The van der Waals surface area contributed by atoms with E-state index in [9.17, 15) is 4.79 Å². The number of aromatic nitrogens is 2. The van der Waals surface area contributed by atoms with Crippen molar-refractivity contribution >= 4 is 45.2 Å². The van der Waals surface area contributed by atoms with Crippen molar-refractivity contribution in [2.24, 2.45) is 17.6 Å². The third-order valence-corrected chi connectivity index (χ3v) is 8.55. The van der Waals surface area contributed by atoms with E-state index in [0.717, 1.165) is 30.1 Å². The molecule has 7 heteroatoms. The highest BCUT2D eigenvalue weighted by molar-refractivity contribution is 7.23. The van der Waals surface area contributed by atoms with Crippen molar-refractivity contribution in [1.29, 1.82) is 0 Å². The molecule has 0 spiro atoms. The van der Waals surface area contributed by atoms with Crippen LogP contribution in [0.4, 0.5) is 0 Å². The number of hydrogen-bond acceptors (Lipinski definition) is 5. The molecule has 4 aromatic rings. The molecule has 3 heterocycles. The molecule has 4 nitrogen and oxygen atoms in total. The zero-order chi connectivity index (χ0) is 21.4. The van der Waals surface area contributed by atoms with E-state index in [-0.39, 0.29) is 5.56 Å². The molecule has 2 N–H and O–H groups in total. The van der Waals surface area contributed by atoms with Crippen molar-refractivity contribution < 1.29 is 0 Å². The summed E-state index contributed by atoms with van der Waals surface area (Å²) in [5.74, 6) is 1.74. The van der Waals surface area contributed by atoms with Gasteiger partial charge in [0.15, 0.2) is 5.82 Å². The van der Waals surface area contributed by atoms with E-state index >= 15 is 0 Å². The fourth-order valence-electron chi connectivity index (χ4n) is 4.60. The first-order valence-corrected chi connectivity index (χ1v) is 12.7. The highest BCUT2D eigenvalue weighted by Crippen LogP contribution is 2.37. The molecule has 31 heavy (non-hydrogen) atoms. The summed E-state index contributed by atoms with van der Waals surface area (Å²) in [6.07, 6.45) is 4.56. The first kappa shape index (κ1) is 20.9.